The summed E-state index contributed by atoms with van der Waals surface area (Å²) in [6.07, 6.45) is 1.17. The van der Waals surface area contributed by atoms with E-state index >= 15 is 0 Å². The number of hydrogen-bond acceptors (Lipinski definition) is 2. The molecular weight excluding hydrogens is 308 g/mol. The van der Waals surface area contributed by atoms with Gasteiger partial charge in [-0.2, -0.15) is 0 Å². The van der Waals surface area contributed by atoms with Gasteiger partial charge in [-0.05, 0) is 13.8 Å². The van der Waals surface area contributed by atoms with E-state index in [1.54, 1.807) is 0 Å². The van der Waals surface area contributed by atoms with Crippen LogP contribution in [-0.4, -0.2) is 10.9 Å². The first kappa shape index (κ1) is 22.5. The van der Waals surface area contributed by atoms with Crippen molar-refractivity contribution in [3.05, 3.63) is 26.7 Å². The summed E-state index contributed by atoms with van der Waals surface area (Å²) in [5, 5.41) is 8.36. The van der Waals surface area contributed by atoms with Gasteiger partial charge in [0, 0.05) is 26.2 Å². The molecule has 0 amide bonds. The van der Waals surface area contributed by atoms with Crippen molar-refractivity contribution in [1.29, 1.82) is 0 Å². The molecule has 0 atom stereocenters. The smallest absolute Gasteiger partial charge is 0.155 e. The Hall–Kier alpha value is -0.141. The molecule has 65 valence electrons. The van der Waals surface area contributed by atoms with Gasteiger partial charge in [-0.25, -0.2) is 0 Å². The average molecular weight is 322 g/mol. The normalized spacial score (nSPS) is 8.00. The van der Waals surface area contributed by atoms with E-state index in [2.05, 4.69) is 0 Å². The second-order valence-electron chi connectivity index (χ2n) is 1.40. The van der Waals surface area contributed by atoms with Gasteiger partial charge in [0.25, 0.3) is 0 Å². The van der Waals surface area contributed by atoms with E-state index in [9.17, 15) is 4.79 Å². The maximum absolute atomic E-state index is 10.0. The van der Waals surface area contributed by atoms with Gasteiger partial charge in [-0.3, -0.25) is 4.79 Å². The average Bonchev–Trinajstić information content (AvgIpc) is 1.27. The Morgan fingerprint density at radius 3 is 1.60 bits per heavy atom. The number of ketones is 1. The minimum atomic E-state index is -0.125. The van der Waals surface area contributed by atoms with Crippen molar-refractivity contribution in [2.45, 2.75) is 13.8 Å². The van der Waals surface area contributed by atoms with Crippen LogP contribution in [0.4, 0.5) is 0 Å². The summed E-state index contributed by atoms with van der Waals surface area (Å²) in [4.78, 5) is 10.0. The number of allylic oxidation sites excluding steroid dienone is 2. The molecule has 0 saturated heterocycles. The fraction of sp³-hybridized carbons (Fsp3) is 0.286. The first-order valence-electron chi connectivity index (χ1n) is 2.01. The molecule has 2 nitrogen and oxygen atoms in total. The maximum Gasteiger partial charge on any atom is 0.155 e. The Kier molecular flexibility index (Phi) is 26.2. The number of carbonyl (C=O) groups is 1. The van der Waals surface area contributed by atoms with Crippen LogP contribution in [0.2, 0.25) is 0 Å². The molecule has 0 spiro atoms. The molecule has 10 heavy (non-hydrogen) atoms. The zero-order valence-electron chi connectivity index (χ0n) is 6.77. The van der Waals surface area contributed by atoms with Crippen LogP contribution in [0.25, 0.3) is 0 Å². The molecule has 0 rings (SSSR count). The van der Waals surface area contributed by atoms with Crippen LogP contribution in [0.15, 0.2) is 11.8 Å². The largest absolute Gasteiger partial charge is 0.512 e. The molecule has 1 N–H and O–H groups in total. The summed E-state index contributed by atoms with van der Waals surface area (Å²) in [5.74, 6) is -0.0625. The predicted molar refractivity (Wildman–Crippen MR) is 39.9 cm³/mol. The number of aliphatic hydroxyl groups is 1. The fourth-order valence-electron chi connectivity index (χ4n) is 0.294. The SMILES string of the molecule is CC(=O)C=C(C)O.[CH3-].[CH3-].[Ir]. The molecule has 0 aromatic carbocycles. The first-order valence-corrected chi connectivity index (χ1v) is 2.01. The maximum atomic E-state index is 10.0. The molecule has 0 aliphatic rings. The summed E-state index contributed by atoms with van der Waals surface area (Å²) >= 11 is 0. The van der Waals surface area contributed by atoms with Crippen LogP contribution in [0.5, 0.6) is 0 Å². The third-order valence-electron chi connectivity index (χ3n) is 0.412. The van der Waals surface area contributed by atoms with E-state index in [0.717, 1.165) is 0 Å². The van der Waals surface area contributed by atoms with E-state index in [1.165, 1.54) is 19.9 Å². The second kappa shape index (κ2) is 11.6. The van der Waals surface area contributed by atoms with Crippen molar-refractivity contribution in [3.8, 4) is 0 Å². The zero-order chi connectivity index (χ0) is 5.86. The summed E-state index contributed by atoms with van der Waals surface area (Å²) in [6, 6.07) is 0. The number of rotatable bonds is 1. The molecule has 0 bridgehead atoms. The van der Waals surface area contributed by atoms with Gasteiger partial charge in [0.1, 0.15) is 0 Å². The van der Waals surface area contributed by atoms with Crippen LogP contribution in [0, 0.1) is 14.9 Å². The van der Waals surface area contributed by atoms with Gasteiger partial charge in [-0.1, -0.05) is 0 Å². The zero-order valence-corrected chi connectivity index (χ0v) is 9.16. The van der Waals surface area contributed by atoms with Gasteiger partial charge in [0.2, 0.25) is 0 Å². The van der Waals surface area contributed by atoms with E-state index in [-0.39, 0.29) is 46.5 Å². The number of carbonyl (C=O) groups excluding carboxylic acids is 1. The molecule has 0 unspecified atom stereocenters. The van der Waals surface area contributed by atoms with Crippen LogP contribution in [0.1, 0.15) is 13.8 Å². The molecule has 0 fully saturated rings. The third-order valence-corrected chi connectivity index (χ3v) is 0.412. The summed E-state index contributed by atoms with van der Waals surface area (Å²) in [6.45, 7) is 2.85. The van der Waals surface area contributed by atoms with Crippen LogP contribution >= 0.6 is 0 Å². The molecule has 0 saturated carbocycles. The molecular formula is C7H14IrO2-2. The van der Waals surface area contributed by atoms with Crippen molar-refractivity contribution in [3.63, 3.8) is 0 Å². The Morgan fingerprint density at radius 1 is 1.30 bits per heavy atom. The number of aliphatic hydroxyl groups excluding tert-OH is 1. The monoisotopic (exact) mass is 323 g/mol. The first-order chi connectivity index (χ1) is 3.13. The van der Waals surface area contributed by atoms with Crippen molar-refractivity contribution in [2.75, 3.05) is 0 Å². The Balaban J connectivity index is -0.0000000600. The fourth-order valence-corrected chi connectivity index (χ4v) is 0.294. The van der Waals surface area contributed by atoms with E-state index in [1.807, 2.05) is 0 Å². The summed E-state index contributed by atoms with van der Waals surface area (Å²) in [7, 11) is 0. The Bertz CT molecular complexity index is 104. The number of hydrogen-bond donors (Lipinski definition) is 1. The van der Waals surface area contributed by atoms with E-state index < -0.39 is 0 Å². The van der Waals surface area contributed by atoms with Gasteiger partial charge in [0.05, 0.1) is 5.76 Å². The minimum Gasteiger partial charge on any atom is -0.512 e. The molecule has 0 aliphatic heterocycles. The molecule has 0 aromatic heterocycles. The van der Waals surface area contributed by atoms with E-state index in [4.69, 9.17) is 5.11 Å². The standard InChI is InChI=1S/C5H8O2.2CH3.Ir/c1-4(6)3-5(2)7;;;/h3,6H,1-2H3;2*1H3;/q;2*-1;. The Morgan fingerprint density at radius 2 is 1.60 bits per heavy atom. The van der Waals surface area contributed by atoms with Crippen molar-refractivity contribution < 1.29 is 30.0 Å². The molecule has 0 aromatic rings. The molecule has 3 heteroatoms. The topological polar surface area (TPSA) is 37.3 Å². The van der Waals surface area contributed by atoms with Gasteiger partial charge >= 0.3 is 0 Å². The summed E-state index contributed by atoms with van der Waals surface area (Å²) < 4.78 is 0. The Labute approximate surface area is 76.7 Å². The third kappa shape index (κ3) is 24.8. The quantitative estimate of drug-likeness (QED) is 0.455. The molecule has 0 heterocycles. The van der Waals surface area contributed by atoms with Crippen molar-refractivity contribution in [2.24, 2.45) is 0 Å². The van der Waals surface area contributed by atoms with Crippen LogP contribution in [0.3, 0.4) is 0 Å². The van der Waals surface area contributed by atoms with Crippen molar-refractivity contribution >= 4 is 5.78 Å². The minimum absolute atomic E-state index is 0. The second-order valence-corrected chi connectivity index (χ2v) is 1.40. The van der Waals surface area contributed by atoms with Crippen LogP contribution < -0.4 is 0 Å². The molecule has 1 radical (unpaired) electrons. The van der Waals surface area contributed by atoms with Gasteiger partial charge < -0.3 is 20.0 Å². The summed E-state index contributed by atoms with van der Waals surface area (Å²) in [5.41, 5.74) is 0. The van der Waals surface area contributed by atoms with Crippen molar-refractivity contribution in [1.82, 2.24) is 0 Å². The van der Waals surface area contributed by atoms with Gasteiger partial charge in [0.15, 0.2) is 5.78 Å². The molecule has 0 aliphatic carbocycles. The van der Waals surface area contributed by atoms with Crippen LogP contribution in [-0.2, 0) is 24.9 Å². The van der Waals surface area contributed by atoms with Gasteiger partial charge in [-0.15, -0.1) is 0 Å². The van der Waals surface area contributed by atoms with E-state index in [0.29, 0.717) is 0 Å². The predicted octanol–water partition coefficient (Wildman–Crippen LogP) is 1.94.